The predicted octanol–water partition coefficient (Wildman–Crippen LogP) is 5.14. The molecule has 2 fully saturated rings. The third kappa shape index (κ3) is 4.99. The summed E-state index contributed by atoms with van der Waals surface area (Å²) < 4.78 is 7.42. The Morgan fingerprint density at radius 1 is 0.974 bits per heavy atom. The van der Waals surface area contributed by atoms with Gasteiger partial charge in [-0.25, -0.2) is 9.67 Å². The SMILES string of the molecule is O=C(NC1CC12CCN(C(=O)c1ccc(Oc3ccc(Cl)cn3)cc1)CC2)c1ccn(-c2ccccc2)n1. The number of rotatable bonds is 6. The molecule has 0 bridgehead atoms. The number of aromatic nitrogens is 3. The number of hydrogen-bond donors (Lipinski definition) is 1. The van der Waals surface area contributed by atoms with Crippen LogP contribution in [0.25, 0.3) is 5.69 Å². The number of halogens is 1. The maximum absolute atomic E-state index is 13.1. The molecule has 0 radical (unpaired) electrons. The van der Waals surface area contributed by atoms with Crippen LogP contribution in [-0.2, 0) is 0 Å². The first-order valence-corrected chi connectivity index (χ1v) is 13.0. The van der Waals surface area contributed by atoms with Crippen molar-refractivity contribution in [1.82, 2.24) is 25.0 Å². The lowest BCUT2D eigenvalue weighted by atomic mass is 9.92. The summed E-state index contributed by atoms with van der Waals surface area (Å²) in [6.45, 7) is 1.33. The van der Waals surface area contributed by atoms with Crippen LogP contribution < -0.4 is 10.1 Å². The zero-order valence-corrected chi connectivity index (χ0v) is 21.3. The van der Waals surface area contributed by atoms with E-state index in [0.29, 0.717) is 41.0 Å². The van der Waals surface area contributed by atoms with E-state index in [1.165, 1.54) is 6.20 Å². The highest BCUT2D eigenvalue weighted by Crippen LogP contribution is 2.54. The summed E-state index contributed by atoms with van der Waals surface area (Å²) in [5, 5.41) is 8.13. The van der Waals surface area contributed by atoms with Crippen LogP contribution in [0.3, 0.4) is 0 Å². The van der Waals surface area contributed by atoms with Gasteiger partial charge in [-0.15, -0.1) is 0 Å². The molecule has 2 aliphatic rings. The van der Waals surface area contributed by atoms with Gasteiger partial charge in [-0.3, -0.25) is 9.59 Å². The number of nitrogens with one attached hydrogen (secondary N) is 1. The maximum atomic E-state index is 13.1. The van der Waals surface area contributed by atoms with Gasteiger partial charge < -0.3 is 15.0 Å². The Balaban J connectivity index is 1.00. The number of ether oxygens (including phenoxy) is 1. The van der Waals surface area contributed by atoms with Gasteiger partial charge in [0, 0.05) is 43.2 Å². The van der Waals surface area contributed by atoms with E-state index in [1.807, 2.05) is 35.2 Å². The average molecular weight is 528 g/mol. The second-order valence-electron chi connectivity index (χ2n) is 9.81. The molecule has 1 aliphatic heterocycles. The Morgan fingerprint density at radius 2 is 1.74 bits per heavy atom. The zero-order valence-electron chi connectivity index (χ0n) is 20.6. The fourth-order valence-electron chi connectivity index (χ4n) is 5.05. The molecule has 192 valence electrons. The number of piperidine rings is 1. The van der Waals surface area contributed by atoms with Gasteiger partial charge >= 0.3 is 0 Å². The molecule has 4 aromatic rings. The second-order valence-corrected chi connectivity index (χ2v) is 10.2. The largest absolute Gasteiger partial charge is 0.439 e. The van der Waals surface area contributed by atoms with E-state index in [-0.39, 0.29) is 23.3 Å². The molecule has 1 atom stereocenters. The van der Waals surface area contributed by atoms with Crippen LogP contribution in [0.4, 0.5) is 0 Å². The normalized spacial score (nSPS) is 17.7. The van der Waals surface area contributed by atoms with Gasteiger partial charge in [-0.1, -0.05) is 29.8 Å². The van der Waals surface area contributed by atoms with Gasteiger partial charge in [0.05, 0.1) is 10.7 Å². The number of carbonyl (C=O) groups excluding carboxylic acids is 2. The van der Waals surface area contributed by atoms with E-state index >= 15 is 0 Å². The van der Waals surface area contributed by atoms with E-state index in [4.69, 9.17) is 16.3 Å². The summed E-state index contributed by atoms with van der Waals surface area (Å²) in [5.41, 5.74) is 2.00. The summed E-state index contributed by atoms with van der Waals surface area (Å²) in [6.07, 6.45) is 5.99. The van der Waals surface area contributed by atoms with Gasteiger partial charge in [0.15, 0.2) is 5.69 Å². The molecule has 2 amide bonds. The van der Waals surface area contributed by atoms with Crippen molar-refractivity contribution in [3.05, 3.63) is 101 Å². The Hall–Kier alpha value is -4.17. The van der Waals surface area contributed by atoms with E-state index < -0.39 is 0 Å². The van der Waals surface area contributed by atoms with E-state index in [2.05, 4.69) is 15.4 Å². The van der Waals surface area contributed by atoms with Crippen LogP contribution in [0.15, 0.2) is 85.2 Å². The Kier molecular flexibility index (Phi) is 6.33. The van der Waals surface area contributed by atoms with Crippen molar-refractivity contribution in [2.24, 2.45) is 5.41 Å². The van der Waals surface area contributed by atoms with Crippen LogP contribution in [-0.4, -0.2) is 50.6 Å². The zero-order chi connectivity index (χ0) is 26.1. The molecule has 2 aromatic heterocycles. The van der Waals surface area contributed by atoms with Crippen molar-refractivity contribution in [1.29, 1.82) is 0 Å². The fraction of sp³-hybridized carbons (Fsp3) is 0.241. The highest BCUT2D eigenvalue weighted by atomic mass is 35.5. The third-order valence-corrected chi connectivity index (χ3v) is 7.63. The first kappa shape index (κ1) is 24.2. The number of benzene rings is 2. The number of amides is 2. The monoisotopic (exact) mass is 527 g/mol. The molecule has 3 heterocycles. The number of hydrogen-bond acceptors (Lipinski definition) is 5. The van der Waals surface area contributed by atoms with Gasteiger partial charge in [-0.2, -0.15) is 5.10 Å². The van der Waals surface area contributed by atoms with Crippen molar-refractivity contribution in [2.45, 2.75) is 25.3 Å². The van der Waals surface area contributed by atoms with Crippen LogP contribution in [0.1, 0.15) is 40.1 Å². The standard InChI is InChI=1S/C29H26ClN5O3/c30-21-8-11-26(31-19-21)38-23-9-6-20(7-10-23)28(37)34-16-13-29(14-17-34)18-25(29)32-27(36)24-12-15-35(33-24)22-4-2-1-3-5-22/h1-12,15,19,25H,13-14,16-18H2,(H,32,36). The number of carbonyl (C=O) groups is 2. The maximum Gasteiger partial charge on any atom is 0.272 e. The molecular formula is C29H26ClN5O3. The third-order valence-electron chi connectivity index (χ3n) is 7.41. The number of para-hydroxylation sites is 1. The average Bonchev–Trinajstić information content (AvgIpc) is 3.35. The molecule has 1 saturated heterocycles. The lowest BCUT2D eigenvalue weighted by Gasteiger charge is -2.33. The summed E-state index contributed by atoms with van der Waals surface area (Å²) in [6, 6.07) is 22.0. The molecule has 8 nitrogen and oxygen atoms in total. The minimum absolute atomic E-state index is 0.00343. The molecule has 1 saturated carbocycles. The minimum Gasteiger partial charge on any atom is -0.439 e. The summed E-state index contributed by atoms with van der Waals surface area (Å²) in [5.74, 6) is 0.879. The van der Waals surface area contributed by atoms with Crippen molar-refractivity contribution in [2.75, 3.05) is 13.1 Å². The van der Waals surface area contributed by atoms with E-state index in [1.54, 1.807) is 53.3 Å². The highest BCUT2D eigenvalue weighted by Gasteiger charge is 2.56. The van der Waals surface area contributed by atoms with Crippen LogP contribution >= 0.6 is 11.6 Å². The fourth-order valence-corrected chi connectivity index (χ4v) is 5.16. The van der Waals surface area contributed by atoms with Crippen LogP contribution in [0, 0.1) is 5.41 Å². The summed E-state index contributed by atoms with van der Waals surface area (Å²) >= 11 is 5.86. The van der Waals surface area contributed by atoms with Gasteiger partial charge in [0.1, 0.15) is 5.75 Å². The smallest absolute Gasteiger partial charge is 0.272 e. The number of pyridine rings is 1. The van der Waals surface area contributed by atoms with Gasteiger partial charge in [0.2, 0.25) is 5.88 Å². The quantitative estimate of drug-likeness (QED) is 0.375. The van der Waals surface area contributed by atoms with E-state index in [9.17, 15) is 9.59 Å². The van der Waals surface area contributed by atoms with Crippen molar-refractivity contribution in [3.63, 3.8) is 0 Å². The minimum atomic E-state index is -0.156. The molecule has 9 heteroatoms. The molecule has 6 rings (SSSR count). The van der Waals surface area contributed by atoms with E-state index in [0.717, 1.165) is 24.9 Å². The molecule has 1 aliphatic carbocycles. The lowest BCUT2D eigenvalue weighted by molar-refractivity contribution is 0.0667. The first-order chi connectivity index (χ1) is 18.5. The molecule has 2 aromatic carbocycles. The van der Waals surface area contributed by atoms with Crippen molar-refractivity contribution < 1.29 is 14.3 Å². The predicted molar refractivity (Wildman–Crippen MR) is 143 cm³/mol. The first-order valence-electron chi connectivity index (χ1n) is 12.6. The second kappa shape index (κ2) is 9.95. The molecule has 38 heavy (non-hydrogen) atoms. The van der Waals surface area contributed by atoms with Gasteiger partial charge in [0.25, 0.3) is 11.8 Å². The number of likely N-dealkylation sites (tertiary alicyclic amines) is 1. The highest BCUT2D eigenvalue weighted by molar-refractivity contribution is 6.30. The summed E-state index contributed by atoms with van der Waals surface area (Å²) in [4.78, 5) is 31.9. The van der Waals surface area contributed by atoms with Gasteiger partial charge in [-0.05, 0) is 73.2 Å². The van der Waals surface area contributed by atoms with Crippen molar-refractivity contribution >= 4 is 23.4 Å². The van der Waals surface area contributed by atoms with Crippen LogP contribution in [0.2, 0.25) is 5.02 Å². The Bertz CT molecular complexity index is 1450. The molecule has 1 N–H and O–H groups in total. The van der Waals surface area contributed by atoms with Crippen molar-refractivity contribution in [3.8, 4) is 17.3 Å². The molecular weight excluding hydrogens is 502 g/mol. The topological polar surface area (TPSA) is 89.4 Å². The summed E-state index contributed by atoms with van der Waals surface area (Å²) in [7, 11) is 0. The Labute approximate surface area is 225 Å². The van der Waals surface area contributed by atoms with Crippen LogP contribution in [0.5, 0.6) is 11.6 Å². The molecule has 1 spiro atoms. The lowest BCUT2D eigenvalue weighted by Crippen LogP contribution is -2.41. The Morgan fingerprint density at radius 3 is 2.45 bits per heavy atom. The molecule has 1 unspecified atom stereocenters. The number of nitrogens with zero attached hydrogens (tertiary/aromatic N) is 4.